The fraction of sp³-hybridized carbons (Fsp3) is 0.333. The van der Waals surface area contributed by atoms with Gasteiger partial charge in [0.2, 0.25) is 0 Å². The van der Waals surface area contributed by atoms with Crippen molar-refractivity contribution >= 4 is 23.5 Å². The Hall–Kier alpha value is -2.86. The number of aromatic nitrogens is 2. The van der Waals surface area contributed by atoms with Crippen LogP contribution in [0.3, 0.4) is 0 Å². The maximum absolute atomic E-state index is 12.5. The summed E-state index contributed by atoms with van der Waals surface area (Å²) in [5.41, 5.74) is -2.48. The Morgan fingerprint density at radius 2 is 2.00 bits per heavy atom. The van der Waals surface area contributed by atoms with E-state index in [4.69, 9.17) is 16.3 Å². The predicted octanol–water partition coefficient (Wildman–Crippen LogP) is 3.00. The standard InChI is InChI=1S/C15H14ClF3N4O5/c1-14(25,8-22-6-11(23(26)27)21-12(22)16)7-20-13(24)28-10-4-2-9(3-5-10)15(17,18)19/h2-6,25H,7-8H2,1H3,(H,20,24)/t14-/m1/s1. The van der Waals surface area contributed by atoms with Crippen molar-refractivity contribution in [2.45, 2.75) is 25.2 Å². The predicted molar refractivity (Wildman–Crippen MR) is 90.0 cm³/mol. The summed E-state index contributed by atoms with van der Waals surface area (Å²) >= 11 is 5.75. The lowest BCUT2D eigenvalue weighted by molar-refractivity contribution is -0.389. The van der Waals surface area contributed by atoms with Crippen LogP contribution in [0.5, 0.6) is 5.75 Å². The number of rotatable bonds is 6. The van der Waals surface area contributed by atoms with Crippen molar-refractivity contribution in [1.29, 1.82) is 0 Å². The number of halogens is 4. The van der Waals surface area contributed by atoms with Crippen LogP contribution in [0.2, 0.25) is 5.28 Å². The molecule has 0 saturated heterocycles. The first-order chi connectivity index (χ1) is 12.9. The molecule has 2 rings (SSSR count). The van der Waals surface area contributed by atoms with Gasteiger partial charge in [0.15, 0.2) is 0 Å². The van der Waals surface area contributed by atoms with Crippen LogP contribution in [0, 0.1) is 10.1 Å². The molecule has 0 radical (unpaired) electrons. The van der Waals surface area contributed by atoms with Gasteiger partial charge in [0, 0.05) is 0 Å². The molecule has 1 heterocycles. The molecule has 28 heavy (non-hydrogen) atoms. The van der Waals surface area contributed by atoms with Crippen LogP contribution in [0.15, 0.2) is 30.5 Å². The Bertz CT molecular complexity index is 868. The first kappa shape index (κ1) is 21.4. The number of hydrogen-bond donors (Lipinski definition) is 2. The highest BCUT2D eigenvalue weighted by Gasteiger charge is 2.30. The number of carbonyl (C=O) groups excluding carboxylic acids is 1. The molecule has 13 heteroatoms. The lowest BCUT2D eigenvalue weighted by Crippen LogP contribution is -2.44. The molecule has 0 saturated carbocycles. The summed E-state index contributed by atoms with van der Waals surface area (Å²) in [6.45, 7) is 0.759. The molecule has 1 aromatic heterocycles. The Balaban J connectivity index is 1.91. The molecule has 0 bridgehead atoms. The molecular weight excluding hydrogens is 409 g/mol. The SMILES string of the molecule is C[C@@](O)(CNC(=O)Oc1ccc(C(F)(F)F)cc1)Cn1cc([N+](=O)[O-])nc1Cl. The van der Waals surface area contributed by atoms with Crippen molar-refractivity contribution in [2.75, 3.05) is 6.54 Å². The minimum atomic E-state index is -4.51. The number of alkyl halides is 3. The van der Waals surface area contributed by atoms with E-state index < -0.39 is 34.2 Å². The van der Waals surface area contributed by atoms with Gasteiger partial charge in [-0.2, -0.15) is 13.2 Å². The van der Waals surface area contributed by atoms with E-state index in [1.54, 1.807) is 0 Å². The summed E-state index contributed by atoms with van der Waals surface area (Å²) in [5.74, 6) is -0.631. The molecule has 1 aromatic carbocycles. The van der Waals surface area contributed by atoms with Crippen molar-refractivity contribution in [3.05, 3.63) is 51.4 Å². The van der Waals surface area contributed by atoms with Gasteiger partial charge in [-0.15, -0.1) is 0 Å². The lowest BCUT2D eigenvalue weighted by Gasteiger charge is -2.23. The number of nitrogens with zero attached hydrogens (tertiary/aromatic N) is 3. The molecule has 0 aliphatic rings. The number of benzene rings is 1. The number of imidazole rings is 1. The van der Waals surface area contributed by atoms with Crippen molar-refractivity contribution in [2.24, 2.45) is 0 Å². The minimum Gasteiger partial charge on any atom is -0.410 e. The molecule has 2 aromatic rings. The van der Waals surface area contributed by atoms with E-state index >= 15 is 0 Å². The molecule has 9 nitrogen and oxygen atoms in total. The van der Waals surface area contributed by atoms with Gasteiger partial charge in [-0.1, -0.05) is 0 Å². The van der Waals surface area contributed by atoms with Crippen LogP contribution in [0.4, 0.5) is 23.8 Å². The summed E-state index contributed by atoms with van der Waals surface area (Å²) in [4.78, 5) is 25.2. The molecule has 1 atom stereocenters. The molecule has 0 spiro atoms. The lowest BCUT2D eigenvalue weighted by atomic mass is 10.1. The molecule has 0 aliphatic carbocycles. The number of amides is 1. The monoisotopic (exact) mass is 422 g/mol. The van der Waals surface area contributed by atoms with Gasteiger partial charge in [0.25, 0.3) is 0 Å². The highest BCUT2D eigenvalue weighted by molar-refractivity contribution is 6.28. The molecule has 152 valence electrons. The fourth-order valence-electron chi connectivity index (χ4n) is 2.12. The van der Waals surface area contributed by atoms with E-state index in [0.29, 0.717) is 0 Å². The summed E-state index contributed by atoms with van der Waals surface area (Å²) in [7, 11) is 0. The van der Waals surface area contributed by atoms with E-state index in [9.17, 15) is 33.2 Å². The number of hydrogen-bond acceptors (Lipinski definition) is 6. The van der Waals surface area contributed by atoms with E-state index in [2.05, 4.69) is 10.3 Å². The molecule has 0 unspecified atom stereocenters. The first-order valence-electron chi connectivity index (χ1n) is 7.60. The highest BCUT2D eigenvalue weighted by Crippen LogP contribution is 2.30. The summed E-state index contributed by atoms with van der Waals surface area (Å²) in [6.07, 6.45) is -4.50. The second-order valence-corrected chi connectivity index (χ2v) is 6.35. The minimum absolute atomic E-state index is 0.126. The first-order valence-corrected chi connectivity index (χ1v) is 7.97. The zero-order valence-corrected chi connectivity index (χ0v) is 15.0. The second kappa shape index (κ2) is 8.02. The smallest absolute Gasteiger partial charge is 0.410 e. The highest BCUT2D eigenvalue weighted by atomic mass is 35.5. The van der Waals surface area contributed by atoms with Gasteiger partial charge in [0.1, 0.15) is 11.9 Å². The maximum Gasteiger partial charge on any atom is 0.416 e. The quantitative estimate of drug-likeness (QED) is 0.545. The number of aliphatic hydroxyl groups is 1. The Labute approximate surface area is 160 Å². The summed E-state index contributed by atoms with van der Waals surface area (Å²) in [6, 6.07) is 3.47. The fourth-order valence-corrected chi connectivity index (χ4v) is 2.31. The van der Waals surface area contributed by atoms with Gasteiger partial charge >= 0.3 is 23.4 Å². The Kier molecular flexibility index (Phi) is 6.14. The molecule has 2 N–H and O–H groups in total. The van der Waals surface area contributed by atoms with Gasteiger partial charge in [-0.05, 0) is 52.7 Å². The van der Waals surface area contributed by atoms with Crippen LogP contribution in [0.1, 0.15) is 12.5 Å². The zero-order chi connectivity index (χ0) is 21.1. The Morgan fingerprint density at radius 3 is 2.50 bits per heavy atom. The maximum atomic E-state index is 12.5. The van der Waals surface area contributed by atoms with Crippen molar-refractivity contribution in [1.82, 2.24) is 14.9 Å². The van der Waals surface area contributed by atoms with Crippen LogP contribution in [-0.4, -0.2) is 37.8 Å². The average molecular weight is 423 g/mol. The number of nitrogens with one attached hydrogen (secondary N) is 1. The number of ether oxygens (including phenoxy) is 1. The zero-order valence-electron chi connectivity index (χ0n) is 14.2. The summed E-state index contributed by atoms with van der Waals surface area (Å²) < 4.78 is 43.4. The molecule has 0 aliphatic heterocycles. The molecular formula is C15H14ClF3N4O5. The average Bonchev–Trinajstić information content (AvgIpc) is 2.93. The van der Waals surface area contributed by atoms with Gasteiger partial charge in [-0.25, -0.2) is 4.79 Å². The third kappa shape index (κ3) is 5.82. The van der Waals surface area contributed by atoms with Crippen molar-refractivity contribution in [3.8, 4) is 5.75 Å². The van der Waals surface area contributed by atoms with E-state index in [-0.39, 0.29) is 24.1 Å². The third-order valence-corrected chi connectivity index (χ3v) is 3.72. The van der Waals surface area contributed by atoms with E-state index in [1.165, 1.54) is 6.92 Å². The normalized spacial score (nSPS) is 13.6. The van der Waals surface area contributed by atoms with E-state index in [0.717, 1.165) is 35.0 Å². The third-order valence-electron chi connectivity index (χ3n) is 3.42. The van der Waals surface area contributed by atoms with Gasteiger partial charge < -0.3 is 25.3 Å². The Morgan fingerprint density at radius 1 is 1.39 bits per heavy atom. The second-order valence-electron chi connectivity index (χ2n) is 6.02. The van der Waals surface area contributed by atoms with Gasteiger partial charge in [-0.3, -0.25) is 4.57 Å². The molecule has 1 amide bonds. The molecule has 0 fully saturated rings. The van der Waals surface area contributed by atoms with E-state index in [1.807, 2.05) is 0 Å². The van der Waals surface area contributed by atoms with Crippen LogP contribution in [0.25, 0.3) is 0 Å². The largest absolute Gasteiger partial charge is 0.416 e. The van der Waals surface area contributed by atoms with Crippen LogP contribution in [-0.2, 0) is 12.7 Å². The van der Waals surface area contributed by atoms with Crippen molar-refractivity contribution < 1.29 is 32.7 Å². The van der Waals surface area contributed by atoms with Crippen LogP contribution >= 0.6 is 11.6 Å². The van der Waals surface area contributed by atoms with Gasteiger partial charge in [0.05, 0.1) is 24.3 Å². The number of nitro groups is 1. The van der Waals surface area contributed by atoms with Crippen LogP contribution < -0.4 is 10.1 Å². The summed E-state index contributed by atoms with van der Waals surface area (Å²) in [5, 5.41) is 23.0. The number of carbonyl (C=O) groups is 1. The topological polar surface area (TPSA) is 120 Å². The van der Waals surface area contributed by atoms with Crippen molar-refractivity contribution in [3.63, 3.8) is 0 Å².